The number of aliphatic hydroxyl groups is 2. The Balaban J connectivity index is 2.81. The van der Waals surface area contributed by atoms with Gasteiger partial charge in [-0.2, -0.15) is 5.01 Å². The summed E-state index contributed by atoms with van der Waals surface area (Å²) in [5.41, 5.74) is 0. The Hall–Kier alpha value is -0.710. The van der Waals surface area contributed by atoms with Gasteiger partial charge in [-0.15, -0.1) is 28.1 Å². The molecule has 21 heavy (non-hydrogen) atoms. The van der Waals surface area contributed by atoms with Crippen LogP contribution in [0.15, 0.2) is 5.29 Å². The van der Waals surface area contributed by atoms with Gasteiger partial charge in [0.05, 0.1) is 29.9 Å². The van der Waals surface area contributed by atoms with Gasteiger partial charge >= 0.3 is 6.03 Å². The number of hydrogen-bond acceptors (Lipinski definition) is 7. The molecule has 3 N–H and O–H groups in total. The quantitative estimate of drug-likeness (QED) is 0.342. The minimum absolute atomic E-state index is 0.0136. The minimum Gasteiger partial charge on any atom is -0.394 e. The molecule has 1 rings (SSSR count). The highest BCUT2D eigenvalue weighted by molar-refractivity contribution is 6.21. The van der Waals surface area contributed by atoms with Crippen LogP contribution in [0.2, 0.25) is 0 Å². The molecule has 0 bridgehead atoms. The number of urea groups is 1. The number of nitroso groups, excluding NO2 is 1. The van der Waals surface area contributed by atoms with E-state index in [2.05, 4.69) is 10.6 Å². The molecular formula is C10H17Cl2N3O6. The van der Waals surface area contributed by atoms with E-state index in [1.54, 1.807) is 0 Å². The van der Waals surface area contributed by atoms with Crippen LogP contribution >= 0.6 is 23.2 Å². The van der Waals surface area contributed by atoms with Crippen LogP contribution in [0.25, 0.3) is 0 Å². The predicted octanol–water partition coefficient (Wildman–Crippen LogP) is -0.381. The van der Waals surface area contributed by atoms with Crippen molar-refractivity contribution in [2.75, 3.05) is 26.1 Å². The van der Waals surface area contributed by atoms with Crippen molar-refractivity contribution in [1.82, 2.24) is 10.3 Å². The Kier molecular flexibility index (Phi) is 7.57. The van der Waals surface area contributed by atoms with Crippen molar-refractivity contribution >= 4 is 29.2 Å². The summed E-state index contributed by atoms with van der Waals surface area (Å²) >= 11 is 11.5. The van der Waals surface area contributed by atoms with Gasteiger partial charge in [-0.25, -0.2) is 4.79 Å². The second kappa shape index (κ2) is 8.66. The maximum Gasteiger partial charge on any atom is 0.340 e. The van der Waals surface area contributed by atoms with Crippen molar-refractivity contribution in [1.29, 1.82) is 0 Å². The number of alkyl halides is 2. The van der Waals surface area contributed by atoms with Crippen LogP contribution in [0.5, 0.6) is 0 Å². The molecule has 0 aromatic carbocycles. The van der Waals surface area contributed by atoms with Crippen molar-refractivity contribution < 1.29 is 24.5 Å². The molecular weight excluding hydrogens is 329 g/mol. The average Bonchev–Trinajstić information content (AvgIpc) is 2.49. The molecule has 2 amide bonds. The molecule has 0 aliphatic carbocycles. The highest BCUT2D eigenvalue weighted by atomic mass is 35.5. The van der Waals surface area contributed by atoms with E-state index in [0.717, 1.165) is 0 Å². The van der Waals surface area contributed by atoms with Crippen molar-refractivity contribution in [3.63, 3.8) is 0 Å². The first-order valence-electron chi connectivity index (χ1n) is 6.08. The van der Waals surface area contributed by atoms with Crippen LogP contribution in [0.3, 0.4) is 0 Å². The third-order valence-electron chi connectivity index (χ3n) is 2.99. The topological polar surface area (TPSA) is 121 Å². The fourth-order valence-corrected chi connectivity index (χ4v) is 2.41. The zero-order valence-corrected chi connectivity index (χ0v) is 12.7. The van der Waals surface area contributed by atoms with Crippen LogP contribution in [0.4, 0.5) is 4.79 Å². The average molecular weight is 346 g/mol. The van der Waals surface area contributed by atoms with Crippen LogP contribution in [-0.4, -0.2) is 77.3 Å². The summed E-state index contributed by atoms with van der Waals surface area (Å²) in [7, 11) is 1.29. The predicted molar refractivity (Wildman–Crippen MR) is 73.9 cm³/mol. The number of nitrogens with zero attached hydrogens (tertiary/aromatic N) is 2. The molecule has 0 spiro atoms. The van der Waals surface area contributed by atoms with Gasteiger partial charge in [0, 0.05) is 13.0 Å². The van der Waals surface area contributed by atoms with E-state index in [-0.39, 0.29) is 12.4 Å². The van der Waals surface area contributed by atoms with Crippen molar-refractivity contribution in [3.05, 3.63) is 4.91 Å². The number of ether oxygens (including phenoxy) is 2. The zero-order chi connectivity index (χ0) is 16.0. The summed E-state index contributed by atoms with van der Waals surface area (Å²) < 4.78 is 10.1. The normalized spacial score (nSPS) is 32.5. The van der Waals surface area contributed by atoms with Crippen molar-refractivity contribution in [2.24, 2.45) is 5.29 Å². The minimum atomic E-state index is -1.28. The molecule has 1 aliphatic heterocycles. The van der Waals surface area contributed by atoms with Gasteiger partial charge < -0.3 is 25.0 Å². The lowest BCUT2D eigenvalue weighted by atomic mass is 9.99. The Labute approximate surface area is 131 Å². The molecule has 0 aromatic heterocycles. The molecule has 1 aliphatic rings. The fourth-order valence-electron chi connectivity index (χ4n) is 1.90. The summed E-state index contributed by atoms with van der Waals surface area (Å²) in [5.74, 6) is 0.0136. The highest BCUT2D eigenvalue weighted by Gasteiger charge is 2.45. The molecule has 1 heterocycles. The van der Waals surface area contributed by atoms with E-state index in [1.165, 1.54) is 7.11 Å². The van der Waals surface area contributed by atoms with E-state index >= 15 is 0 Å². The standard InChI is InChI=1S/C10H17Cl2N3O6/c1-20-9-8(17)7(6(12)5(4-16)21-9)13-10(18)15(14-19)3-2-11/h5-9,16-17H,2-4H2,1H3,(H,13,18)/t5-,6+,7+,8-,9+/m1/s1. The van der Waals surface area contributed by atoms with Gasteiger partial charge in [-0.1, -0.05) is 0 Å². The number of carbonyl (C=O) groups is 1. The molecule has 11 heteroatoms. The van der Waals surface area contributed by atoms with Gasteiger partial charge in [0.1, 0.15) is 12.2 Å². The first-order valence-corrected chi connectivity index (χ1v) is 7.05. The maximum atomic E-state index is 11.9. The maximum absolute atomic E-state index is 11.9. The number of halogens is 2. The lowest BCUT2D eigenvalue weighted by Gasteiger charge is -2.41. The first kappa shape index (κ1) is 18.3. The number of aliphatic hydroxyl groups excluding tert-OH is 2. The number of amides is 2. The summed E-state index contributed by atoms with van der Waals surface area (Å²) in [6.45, 7) is -0.523. The van der Waals surface area contributed by atoms with E-state index in [0.29, 0.717) is 5.01 Å². The van der Waals surface area contributed by atoms with E-state index in [4.69, 9.17) is 32.7 Å². The van der Waals surface area contributed by atoms with Gasteiger partial charge in [0.25, 0.3) is 0 Å². The number of rotatable bonds is 6. The monoisotopic (exact) mass is 345 g/mol. The lowest BCUT2D eigenvalue weighted by Crippen LogP contribution is -2.64. The Morgan fingerprint density at radius 3 is 2.71 bits per heavy atom. The Morgan fingerprint density at radius 2 is 2.24 bits per heavy atom. The van der Waals surface area contributed by atoms with E-state index < -0.39 is 42.6 Å². The van der Waals surface area contributed by atoms with Crippen LogP contribution in [0, 0.1) is 4.91 Å². The molecule has 0 unspecified atom stereocenters. The zero-order valence-electron chi connectivity index (χ0n) is 11.2. The lowest BCUT2D eigenvalue weighted by molar-refractivity contribution is -0.239. The van der Waals surface area contributed by atoms with E-state index in [1.807, 2.05) is 0 Å². The van der Waals surface area contributed by atoms with Crippen LogP contribution in [0.1, 0.15) is 0 Å². The molecule has 0 radical (unpaired) electrons. The van der Waals surface area contributed by atoms with Gasteiger partial charge in [0.2, 0.25) is 0 Å². The molecule has 0 saturated carbocycles. The van der Waals surface area contributed by atoms with Gasteiger partial charge in [-0.3, -0.25) is 0 Å². The van der Waals surface area contributed by atoms with Gasteiger partial charge in [0.15, 0.2) is 6.29 Å². The summed E-state index contributed by atoms with van der Waals surface area (Å²) in [5, 5.41) is 23.8. The first-order chi connectivity index (χ1) is 9.99. The highest BCUT2D eigenvalue weighted by Crippen LogP contribution is 2.25. The molecule has 1 fully saturated rings. The summed E-state index contributed by atoms with van der Waals surface area (Å²) in [6, 6.07) is -1.87. The Morgan fingerprint density at radius 1 is 1.57 bits per heavy atom. The summed E-state index contributed by atoms with van der Waals surface area (Å²) in [6.07, 6.45) is -3.21. The van der Waals surface area contributed by atoms with Crippen LogP contribution in [-0.2, 0) is 9.47 Å². The van der Waals surface area contributed by atoms with Crippen molar-refractivity contribution in [2.45, 2.75) is 29.9 Å². The second-order valence-electron chi connectivity index (χ2n) is 4.27. The van der Waals surface area contributed by atoms with E-state index in [9.17, 15) is 19.9 Å². The smallest absolute Gasteiger partial charge is 0.340 e. The number of carbonyl (C=O) groups excluding carboxylic acids is 1. The third kappa shape index (κ3) is 4.38. The third-order valence-corrected chi connectivity index (χ3v) is 3.71. The van der Waals surface area contributed by atoms with Crippen molar-refractivity contribution in [3.8, 4) is 0 Å². The molecule has 0 aromatic rings. The number of nitrogens with one attached hydrogen (secondary N) is 1. The second-order valence-corrected chi connectivity index (χ2v) is 5.15. The molecule has 122 valence electrons. The SMILES string of the molecule is CO[C@H]1O[C@H](CO)[C@H](Cl)[C@H](NC(=O)N(CCCl)N=O)[C@H]1O. The fraction of sp³-hybridized carbons (Fsp3) is 0.900. The summed E-state index contributed by atoms with van der Waals surface area (Å²) in [4.78, 5) is 22.4. The largest absolute Gasteiger partial charge is 0.394 e. The van der Waals surface area contributed by atoms with Gasteiger partial charge in [-0.05, 0) is 0 Å². The number of methoxy groups -OCH3 is 1. The van der Waals surface area contributed by atoms with Crippen LogP contribution < -0.4 is 5.32 Å². The molecule has 9 nitrogen and oxygen atoms in total. The Bertz CT molecular complexity index is 348. The molecule has 1 saturated heterocycles. The number of hydrogen-bond donors (Lipinski definition) is 3. The molecule has 5 atom stereocenters.